The fourth-order valence-corrected chi connectivity index (χ4v) is 5.12. The molecule has 0 saturated heterocycles. The SMILES string of the molecule is COCCNC1CCC(Oc2ncnc3sc4c(c23)CCC4)CC1. The van der Waals surface area contributed by atoms with Gasteiger partial charge in [-0.3, -0.25) is 0 Å². The van der Waals surface area contributed by atoms with Crippen LogP contribution in [0.25, 0.3) is 10.2 Å². The highest BCUT2D eigenvalue weighted by Gasteiger charge is 2.26. The zero-order valence-electron chi connectivity index (χ0n) is 14.2. The van der Waals surface area contributed by atoms with E-state index in [9.17, 15) is 0 Å². The molecule has 2 heterocycles. The number of aromatic nitrogens is 2. The maximum atomic E-state index is 6.33. The number of aryl methyl sites for hydroxylation is 2. The van der Waals surface area contributed by atoms with Gasteiger partial charge in [0.15, 0.2) is 0 Å². The Balaban J connectivity index is 1.41. The van der Waals surface area contributed by atoms with Crippen LogP contribution in [0.4, 0.5) is 0 Å². The number of thiophene rings is 1. The second-order valence-electron chi connectivity index (χ2n) is 6.75. The lowest BCUT2D eigenvalue weighted by Crippen LogP contribution is -2.37. The summed E-state index contributed by atoms with van der Waals surface area (Å²) in [6, 6.07) is 0.593. The minimum absolute atomic E-state index is 0.278. The van der Waals surface area contributed by atoms with Gasteiger partial charge in [-0.2, -0.15) is 0 Å². The van der Waals surface area contributed by atoms with Crippen molar-refractivity contribution in [2.45, 2.75) is 57.1 Å². The van der Waals surface area contributed by atoms with Gasteiger partial charge in [-0.25, -0.2) is 9.97 Å². The highest BCUT2D eigenvalue weighted by atomic mass is 32.1. The minimum Gasteiger partial charge on any atom is -0.474 e. The molecule has 0 radical (unpaired) electrons. The molecule has 24 heavy (non-hydrogen) atoms. The summed E-state index contributed by atoms with van der Waals surface area (Å²) in [4.78, 5) is 11.5. The van der Waals surface area contributed by atoms with Crippen molar-refractivity contribution in [3.05, 3.63) is 16.8 Å². The lowest BCUT2D eigenvalue weighted by atomic mass is 9.93. The highest BCUT2D eigenvalue weighted by Crippen LogP contribution is 2.40. The molecular formula is C18H25N3O2S. The van der Waals surface area contributed by atoms with E-state index in [4.69, 9.17) is 9.47 Å². The number of nitrogens with zero attached hydrogens (tertiary/aromatic N) is 2. The van der Waals surface area contributed by atoms with E-state index in [1.165, 1.54) is 28.7 Å². The summed E-state index contributed by atoms with van der Waals surface area (Å²) in [6.45, 7) is 1.71. The smallest absolute Gasteiger partial charge is 0.225 e. The van der Waals surface area contributed by atoms with E-state index < -0.39 is 0 Å². The van der Waals surface area contributed by atoms with Gasteiger partial charge in [0.2, 0.25) is 5.88 Å². The Labute approximate surface area is 146 Å². The van der Waals surface area contributed by atoms with Crippen molar-refractivity contribution in [2.24, 2.45) is 0 Å². The van der Waals surface area contributed by atoms with Crippen molar-refractivity contribution in [1.82, 2.24) is 15.3 Å². The van der Waals surface area contributed by atoms with Crippen molar-refractivity contribution in [3.63, 3.8) is 0 Å². The predicted octanol–water partition coefficient (Wildman–Crippen LogP) is 3.11. The Morgan fingerprint density at radius 2 is 2.08 bits per heavy atom. The molecule has 0 unspecified atom stereocenters. The maximum absolute atomic E-state index is 6.33. The van der Waals surface area contributed by atoms with Gasteiger partial charge in [-0.05, 0) is 50.5 Å². The van der Waals surface area contributed by atoms with Crippen molar-refractivity contribution in [1.29, 1.82) is 0 Å². The van der Waals surface area contributed by atoms with E-state index in [0.29, 0.717) is 6.04 Å². The monoisotopic (exact) mass is 347 g/mol. The van der Waals surface area contributed by atoms with Crippen LogP contribution in [-0.4, -0.2) is 42.4 Å². The third-order valence-electron chi connectivity index (χ3n) is 5.16. The molecule has 0 aromatic carbocycles. The molecule has 130 valence electrons. The van der Waals surface area contributed by atoms with Gasteiger partial charge in [-0.1, -0.05) is 0 Å². The first-order chi connectivity index (χ1) is 11.8. The Morgan fingerprint density at radius 1 is 1.21 bits per heavy atom. The molecule has 1 saturated carbocycles. The molecule has 2 aromatic rings. The minimum atomic E-state index is 0.278. The van der Waals surface area contributed by atoms with Gasteiger partial charge in [0.05, 0.1) is 12.0 Å². The van der Waals surface area contributed by atoms with Crippen LogP contribution in [0.3, 0.4) is 0 Å². The number of methoxy groups -OCH3 is 1. The average molecular weight is 347 g/mol. The molecule has 2 aromatic heterocycles. The molecule has 6 heteroatoms. The van der Waals surface area contributed by atoms with Gasteiger partial charge in [0.1, 0.15) is 17.3 Å². The highest BCUT2D eigenvalue weighted by molar-refractivity contribution is 7.18. The molecule has 2 aliphatic rings. The molecule has 0 spiro atoms. The van der Waals surface area contributed by atoms with E-state index in [1.54, 1.807) is 13.4 Å². The number of fused-ring (bicyclic) bond motifs is 3. The zero-order valence-corrected chi connectivity index (χ0v) is 15.0. The van der Waals surface area contributed by atoms with Crippen LogP contribution < -0.4 is 10.1 Å². The van der Waals surface area contributed by atoms with E-state index >= 15 is 0 Å². The molecule has 0 atom stereocenters. The van der Waals surface area contributed by atoms with Crippen LogP contribution in [0.1, 0.15) is 42.5 Å². The standard InChI is InChI=1S/C18H25N3O2S/c1-22-10-9-19-12-5-7-13(8-6-12)23-17-16-14-3-2-4-15(14)24-18(16)21-11-20-17/h11-13,19H,2-10H2,1H3. The van der Waals surface area contributed by atoms with Crippen LogP contribution >= 0.6 is 11.3 Å². The summed E-state index contributed by atoms with van der Waals surface area (Å²) in [5, 5.41) is 4.75. The summed E-state index contributed by atoms with van der Waals surface area (Å²) < 4.78 is 11.4. The second-order valence-corrected chi connectivity index (χ2v) is 7.84. The predicted molar refractivity (Wildman–Crippen MR) is 96.0 cm³/mol. The Kier molecular flexibility index (Phi) is 4.96. The number of rotatable bonds is 6. The van der Waals surface area contributed by atoms with Crippen LogP contribution in [0.5, 0.6) is 5.88 Å². The van der Waals surface area contributed by atoms with Gasteiger partial charge in [0.25, 0.3) is 0 Å². The van der Waals surface area contributed by atoms with Crippen LogP contribution in [0.15, 0.2) is 6.33 Å². The quantitative estimate of drug-likeness (QED) is 0.814. The van der Waals surface area contributed by atoms with Crippen LogP contribution in [0, 0.1) is 0 Å². The number of nitrogens with one attached hydrogen (secondary N) is 1. The average Bonchev–Trinajstić information content (AvgIpc) is 3.18. The third kappa shape index (κ3) is 3.27. The molecule has 0 bridgehead atoms. The van der Waals surface area contributed by atoms with Crippen molar-refractivity contribution in [2.75, 3.05) is 20.3 Å². The Hall–Kier alpha value is -1.24. The van der Waals surface area contributed by atoms with Crippen molar-refractivity contribution in [3.8, 4) is 5.88 Å². The van der Waals surface area contributed by atoms with Gasteiger partial charge < -0.3 is 14.8 Å². The maximum Gasteiger partial charge on any atom is 0.225 e. The van der Waals surface area contributed by atoms with Crippen LogP contribution in [-0.2, 0) is 17.6 Å². The fourth-order valence-electron chi connectivity index (χ4n) is 3.90. The van der Waals surface area contributed by atoms with Crippen LogP contribution in [0.2, 0.25) is 0 Å². The van der Waals surface area contributed by atoms with Gasteiger partial charge in [-0.15, -0.1) is 11.3 Å². The first kappa shape index (κ1) is 16.2. The van der Waals surface area contributed by atoms with E-state index in [0.717, 1.165) is 56.0 Å². The molecular weight excluding hydrogens is 322 g/mol. The van der Waals surface area contributed by atoms with E-state index in [-0.39, 0.29) is 6.10 Å². The topological polar surface area (TPSA) is 56.3 Å². The number of ether oxygens (including phenoxy) is 2. The lowest BCUT2D eigenvalue weighted by molar-refractivity contribution is 0.131. The molecule has 0 amide bonds. The summed E-state index contributed by atoms with van der Waals surface area (Å²) >= 11 is 1.82. The lowest BCUT2D eigenvalue weighted by Gasteiger charge is -2.29. The largest absolute Gasteiger partial charge is 0.474 e. The van der Waals surface area contributed by atoms with Gasteiger partial charge >= 0.3 is 0 Å². The molecule has 2 aliphatic carbocycles. The number of hydrogen-bond donors (Lipinski definition) is 1. The fraction of sp³-hybridized carbons (Fsp3) is 0.667. The summed E-state index contributed by atoms with van der Waals surface area (Å²) in [7, 11) is 1.75. The first-order valence-corrected chi connectivity index (χ1v) is 9.81. The summed E-state index contributed by atoms with van der Waals surface area (Å²) in [6.07, 6.45) is 10.0. The zero-order chi connectivity index (χ0) is 16.4. The molecule has 1 N–H and O–H groups in total. The Bertz CT molecular complexity index is 695. The number of hydrogen-bond acceptors (Lipinski definition) is 6. The van der Waals surface area contributed by atoms with Crippen molar-refractivity contribution >= 4 is 21.6 Å². The molecule has 5 nitrogen and oxygen atoms in total. The van der Waals surface area contributed by atoms with E-state index in [1.807, 2.05) is 11.3 Å². The van der Waals surface area contributed by atoms with Gasteiger partial charge in [0, 0.05) is 24.6 Å². The summed E-state index contributed by atoms with van der Waals surface area (Å²) in [5.74, 6) is 0.815. The van der Waals surface area contributed by atoms with Crippen molar-refractivity contribution < 1.29 is 9.47 Å². The summed E-state index contributed by atoms with van der Waals surface area (Å²) in [5.41, 5.74) is 1.44. The third-order valence-corrected chi connectivity index (χ3v) is 6.36. The molecule has 4 rings (SSSR count). The molecule has 1 fully saturated rings. The molecule has 0 aliphatic heterocycles. The normalized spacial score (nSPS) is 23.5. The van der Waals surface area contributed by atoms with E-state index in [2.05, 4.69) is 15.3 Å². The second kappa shape index (κ2) is 7.33. The Morgan fingerprint density at radius 3 is 2.92 bits per heavy atom. The first-order valence-electron chi connectivity index (χ1n) is 8.99.